The van der Waals surface area contributed by atoms with E-state index in [9.17, 15) is 16.8 Å². The molecule has 18 heavy (non-hydrogen) atoms. The fraction of sp³-hybridized carbons (Fsp3) is 1.00. The van der Waals surface area contributed by atoms with Gasteiger partial charge in [-0.1, -0.05) is 25.7 Å². The summed E-state index contributed by atoms with van der Waals surface area (Å²) in [6.07, 6.45) is 4.41. The van der Waals surface area contributed by atoms with Crippen LogP contribution in [0.4, 0.5) is 0 Å². The molecule has 108 valence electrons. The molecule has 1 rings (SSSR count). The molecule has 0 aromatic rings. The highest BCUT2D eigenvalue weighted by Crippen LogP contribution is 2.34. The molecule has 8 heteroatoms. The SMILES string of the molecule is O=S(=O)(O)CC[C@H]1CCCC[C@@H]1CCS(=O)(=O)O. The molecule has 2 N–H and O–H groups in total. The second-order valence-electron chi connectivity index (χ2n) is 4.95. The lowest BCUT2D eigenvalue weighted by atomic mass is 9.76. The smallest absolute Gasteiger partial charge is 0.264 e. The van der Waals surface area contributed by atoms with Gasteiger partial charge in [-0.05, 0) is 24.7 Å². The van der Waals surface area contributed by atoms with Gasteiger partial charge in [0.05, 0.1) is 11.5 Å². The van der Waals surface area contributed by atoms with Gasteiger partial charge in [-0.15, -0.1) is 0 Å². The highest BCUT2D eigenvalue weighted by Gasteiger charge is 2.27. The molecule has 0 amide bonds. The van der Waals surface area contributed by atoms with Gasteiger partial charge >= 0.3 is 0 Å². The Morgan fingerprint density at radius 1 is 0.778 bits per heavy atom. The summed E-state index contributed by atoms with van der Waals surface area (Å²) >= 11 is 0. The van der Waals surface area contributed by atoms with Gasteiger partial charge in [0.2, 0.25) is 0 Å². The fourth-order valence-corrected chi connectivity index (χ4v) is 3.85. The van der Waals surface area contributed by atoms with E-state index >= 15 is 0 Å². The lowest BCUT2D eigenvalue weighted by Crippen LogP contribution is -2.24. The summed E-state index contributed by atoms with van der Waals surface area (Å²) in [4.78, 5) is 0. The van der Waals surface area contributed by atoms with E-state index in [-0.39, 0.29) is 23.3 Å². The minimum Gasteiger partial charge on any atom is -0.286 e. The van der Waals surface area contributed by atoms with Crippen LogP contribution < -0.4 is 0 Å². The maximum Gasteiger partial charge on any atom is 0.264 e. The van der Waals surface area contributed by atoms with Crippen molar-refractivity contribution >= 4 is 20.2 Å². The van der Waals surface area contributed by atoms with E-state index < -0.39 is 20.2 Å². The van der Waals surface area contributed by atoms with E-state index in [1.807, 2.05) is 0 Å². The molecule has 0 bridgehead atoms. The van der Waals surface area contributed by atoms with Gasteiger partial charge in [0, 0.05) is 0 Å². The number of hydrogen-bond acceptors (Lipinski definition) is 4. The molecule has 0 spiro atoms. The summed E-state index contributed by atoms with van der Waals surface area (Å²) in [5, 5.41) is 0. The van der Waals surface area contributed by atoms with Gasteiger partial charge in [0.15, 0.2) is 0 Å². The lowest BCUT2D eigenvalue weighted by Gasteiger charge is -2.31. The first kappa shape index (κ1) is 15.9. The normalized spacial score (nSPS) is 26.1. The summed E-state index contributed by atoms with van der Waals surface area (Å²) in [6, 6.07) is 0. The average Bonchev–Trinajstić information content (AvgIpc) is 2.22. The lowest BCUT2D eigenvalue weighted by molar-refractivity contribution is 0.224. The van der Waals surface area contributed by atoms with Crippen LogP contribution in [0.15, 0.2) is 0 Å². The van der Waals surface area contributed by atoms with E-state index in [1.165, 1.54) is 0 Å². The number of rotatable bonds is 6. The zero-order chi connectivity index (χ0) is 13.8. The van der Waals surface area contributed by atoms with Crippen molar-refractivity contribution in [2.75, 3.05) is 11.5 Å². The number of hydrogen-bond donors (Lipinski definition) is 2. The Morgan fingerprint density at radius 3 is 1.39 bits per heavy atom. The third-order valence-electron chi connectivity index (χ3n) is 3.56. The molecule has 0 aliphatic heterocycles. The van der Waals surface area contributed by atoms with Crippen LogP contribution in [0, 0.1) is 11.8 Å². The van der Waals surface area contributed by atoms with Gasteiger partial charge in [-0.2, -0.15) is 16.8 Å². The summed E-state index contributed by atoms with van der Waals surface area (Å²) in [5.74, 6) is -0.329. The molecule has 0 heterocycles. The van der Waals surface area contributed by atoms with Crippen molar-refractivity contribution in [3.8, 4) is 0 Å². The van der Waals surface area contributed by atoms with Gasteiger partial charge in [0.25, 0.3) is 20.2 Å². The molecule has 1 saturated carbocycles. The van der Waals surface area contributed by atoms with Crippen LogP contribution in [0.3, 0.4) is 0 Å². The molecule has 1 aliphatic carbocycles. The van der Waals surface area contributed by atoms with Crippen molar-refractivity contribution in [3.63, 3.8) is 0 Å². The fourth-order valence-electron chi connectivity index (χ4n) is 2.65. The molecule has 0 radical (unpaired) electrons. The van der Waals surface area contributed by atoms with Gasteiger partial charge in [0.1, 0.15) is 0 Å². The second kappa shape index (κ2) is 6.31. The van der Waals surface area contributed by atoms with Crippen LogP contribution in [0.1, 0.15) is 38.5 Å². The molecule has 1 fully saturated rings. The predicted molar refractivity (Wildman–Crippen MR) is 67.5 cm³/mol. The van der Waals surface area contributed by atoms with Crippen molar-refractivity contribution in [3.05, 3.63) is 0 Å². The molecule has 6 nitrogen and oxygen atoms in total. The minimum atomic E-state index is -3.96. The topological polar surface area (TPSA) is 109 Å². The van der Waals surface area contributed by atoms with Crippen molar-refractivity contribution in [1.29, 1.82) is 0 Å². The third-order valence-corrected chi connectivity index (χ3v) is 5.06. The molecule has 1 aliphatic rings. The highest BCUT2D eigenvalue weighted by atomic mass is 32.2. The molecular formula is C10H20O6S2. The van der Waals surface area contributed by atoms with Crippen molar-refractivity contribution in [2.45, 2.75) is 38.5 Å². The maximum atomic E-state index is 10.7. The van der Waals surface area contributed by atoms with Crippen LogP contribution in [0.25, 0.3) is 0 Å². The Morgan fingerprint density at radius 2 is 1.11 bits per heavy atom. The monoisotopic (exact) mass is 300 g/mol. The summed E-state index contributed by atoms with van der Waals surface area (Å²) in [7, 11) is -7.92. The molecule has 0 aromatic heterocycles. The van der Waals surface area contributed by atoms with Crippen LogP contribution in [-0.2, 0) is 20.2 Å². The van der Waals surface area contributed by atoms with Gasteiger partial charge in [-0.25, -0.2) is 0 Å². The molecular weight excluding hydrogens is 280 g/mol. The van der Waals surface area contributed by atoms with E-state index in [0.717, 1.165) is 25.7 Å². The Bertz CT molecular complexity index is 409. The molecule has 2 atom stereocenters. The Labute approximate surface area is 108 Å². The summed E-state index contributed by atoms with van der Waals surface area (Å²) < 4.78 is 60.3. The first-order chi connectivity index (χ1) is 8.17. The summed E-state index contributed by atoms with van der Waals surface area (Å²) in [5.41, 5.74) is 0. The molecule has 0 aromatic carbocycles. The Kier molecular flexibility index (Phi) is 5.57. The standard InChI is InChI=1S/C10H20O6S2/c11-17(12,13)7-5-9-3-1-2-4-10(9)6-8-18(14,15)16/h9-10H,1-8H2,(H,11,12,13)(H,14,15,16)/t9-,10-/m1/s1. The van der Waals surface area contributed by atoms with Gasteiger partial charge in [-0.3, -0.25) is 9.11 Å². The highest BCUT2D eigenvalue weighted by molar-refractivity contribution is 7.86. The largest absolute Gasteiger partial charge is 0.286 e. The first-order valence-electron chi connectivity index (χ1n) is 6.08. The third kappa shape index (κ3) is 6.67. The van der Waals surface area contributed by atoms with Crippen molar-refractivity contribution in [2.24, 2.45) is 11.8 Å². The van der Waals surface area contributed by atoms with E-state index in [0.29, 0.717) is 12.8 Å². The predicted octanol–water partition coefficient (Wildman–Crippen LogP) is 1.35. The van der Waals surface area contributed by atoms with Crippen molar-refractivity contribution in [1.82, 2.24) is 0 Å². The Hall–Kier alpha value is -0.180. The quantitative estimate of drug-likeness (QED) is 0.717. The van der Waals surface area contributed by atoms with E-state index in [4.69, 9.17) is 9.11 Å². The van der Waals surface area contributed by atoms with Crippen LogP contribution in [0.5, 0.6) is 0 Å². The zero-order valence-corrected chi connectivity index (χ0v) is 11.8. The Balaban J connectivity index is 2.52. The molecule has 0 unspecified atom stereocenters. The molecule has 0 saturated heterocycles. The summed E-state index contributed by atoms with van der Waals surface area (Å²) in [6.45, 7) is 0. The van der Waals surface area contributed by atoms with E-state index in [2.05, 4.69) is 0 Å². The van der Waals surface area contributed by atoms with Crippen molar-refractivity contribution < 1.29 is 25.9 Å². The van der Waals surface area contributed by atoms with Crippen LogP contribution >= 0.6 is 0 Å². The van der Waals surface area contributed by atoms with Crippen LogP contribution in [-0.4, -0.2) is 37.4 Å². The maximum absolute atomic E-state index is 10.7. The second-order valence-corrected chi connectivity index (χ2v) is 8.10. The van der Waals surface area contributed by atoms with E-state index in [1.54, 1.807) is 0 Å². The van der Waals surface area contributed by atoms with Gasteiger partial charge < -0.3 is 0 Å². The van der Waals surface area contributed by atoms with Crippen LogP contribution in [0.2, 0.25) is 0 Å². The first-order valence-corrected chi connectivity index (χ1v) is 9.29. The minimum absolute atomic E-state index is 0.113. The zero-order valence-electron chi connectivity index (χ0n) is 10.2. The average molecular weight is 300 g/mol.